The first-order chi connectivity index (χ1) is 15.3. The lowest BCUT2D eigenvalue weighted by Crippen LogP contribution is -2.37. The van der Waals surface area contributed by atoms with Gasteiger partial charge in [-0.2, -0.15) is 22.8 Å². The van der Waals surface area contributed by atoms with Crippen molar-refractivity contribution in [3.63, 3.8) is 0 Å². The predicted octanol–water partition coefficient (Wildman–Crippen LogP) is 3.20. The third-order valence-corrected chi connectivity index (χ3v) is 5.74. The fraction of sp³-hybridized carbons (Fsp3) is 0.455. The Morgan fingerprint density at radius 2 is 1.94 bits per heavy atom. The molecule has 0 aliphatic carbocycles. The summed E-state index contributed by atoms with van der Waals surface area (Å²) in [7, 11) is 0. The van der Waals surface area contributed by atoms with Crippen molar-refractivity contribution in [2.45, 2.75) is 26.4 Å². The van der Waals surface area contributed by atoms with Gasteiger partial charge in [0.1, 0.15) is 11.6 Å². The van der Waals surface area contributed by atoms with Crippen molar-refractivity contribution in [1.82, 2.24) is 14.6 Å². The Labute approximate surface area is 183 Å². The highest BCUT2D eigenvalue weighted by Gasteiger charge is 2.33. The van der Waals surface area contributed by atoms with Crippen LogP contribution in [0.4, 0.5) is 24.8 Å². The number of halogens is 3. The van der Waals surface area contributed by atoms with Crippen molar-refractivity contribution in [2.24, 2.45) is 0 Å². The number of rotatable bonds is 6. The highest BCUT2D eigenvalue weighted by molar-refractivity contribution is 5.63. The molecule has 172 valence electrons. The second kappa shape index (κ2) is 8.95. The van der Waals surface area contributed by atoms with E-state index in [2.05, 4.69) is 15.3 Å². The van der Waals surface area contributed by atoms with Gasteiger partial charge in [0.15, 0.2) is 5.65 Å². The molecular formula is C22H26F3N5O2. The summed E-state index contributed by atoms with van der Waals surface area (Å²) in [6, 6.07) is 6.13. The van der Waals surface area contributed by atoms with E-state index in [4.69, 9.17) is 9.72 Å². The molecule has 0 unspecified atom stereocenters. The molecule has 2 N–H and O–H groups in total. The van der Waals surface area contributed by atoms with Gasteiger partial charge in [-0.25, -0.2) is 4.98 Å². The first kappa shape index (κ1) is 22.3. The third-order valence-electron chi connectivity index (χ3n) is 5.74. The number of hydrogen-bond acceptors (Lipinski definition) is 6. The number of alkyl halides is 3. The number of benzene rings is 1. The summed E-state index contributed by atoms with van der Waals surface area (Å²) in [4.78, 5) is 6.94. The Bertz CT molecular complexity index is 1110. The number of morpholine rings is 1. The van der Waals surface area contributed by atoms with Crippen LogP contribution in [0.5, 0.6) is 0 Å². The van der Waals surface area contributed by atoms with E-state index in [-0.39, 0.29) is 18.6 Å². The van der Waals surface area contributed by atoms with E-state index in [1.807, 2.05) is 13.0 Å². The van der Waals surface area contributed by atoms with Gasteiger partial charge in [-0.15, -0.1) is 0 Å². The molecule has 1 aliphatic heterocycles. The van der Waals surface area contributed by atoms with E-state index >= 15 is 0 Å². The molecule has 0 bridgehead atoms. The van der Waals surface area contributed by atoms with Gasteiger partial charge < -0.3 is 20.1 Å². The number of aromatic nitrogens is 3. The zero-order chi connectivity index (χ0) is 22.9. The minimum Gasteiger partial charge on any atom is -0.395 e. The van der Waals surface area contributed by atoms with Crippen LogP contribution < -0.4 is 10.2 Å². The fourth-order valence-corrected chi connectivity index (χ4v) is 4.00. The van der Waals surface area contributed by atoms with E-state index in [1.54, 1.807) is 10.6 Å². The van der Waals surface area contributed by atoms with Gasteiger partial charge in [0.05, 0.1) is 31.1 Å². The van der Waals surface area contributed by atoms with E-state index in [0.717, 1.165) is 17.4 Å². The zero-order valence-electron chi connectivity index (χ0n) is 18.0. The van der Waals surface area contributed by atoms with Crippen molar-refractivity contribution in [1.29, 1.82) is 0 Å². The first-order valence-corrected chi connectivity index (χ1v) is 10.5. The van der Waals surface area contributed by atoms with Crippen molar-refractivity contribution in [3.05, 3.63) is 52.2 Å². The fourth-order valence-electron chi connectivity index (χ4n) is 4.00. The van der Waals surface area contributed by atoms with E-state index in [9.17, 15) is 18.3 Å². The molecule has 32 heavy (non-hydrogen) atoms. The third kappa shape index (κ3) is 4.37. The second-order valence-corrected chi connectivity index (χ2v) is 7.81. The van der Waals surface area contributed by atoms with Crippen LogP contribution in [0.15, 0.2) is 24.3 Å². The lowest BCUT2D eigenvalue weighted by molar-refractivity contribution is -0.138. The molecule has 0 spiro atoms. The summed E-state index contributed by atoms with van der Waals surface area (Å²) in [5.74, 6) is 1.41. The number of hydrogen-bond donors (Lipinski definition) is 2. The lowest BCUT2D eigenvalue weighted by atomic mass is 9.96. The summed E-state index contributed by atoms with van der Waals surface area (Å²) >= 11 is 0. The van der Waals surface area contributed by atoms with Crippen LogP contribution in [0, 0.1) is 13.8 Å². The molecular weight excluding hydrogens is 423 g/mol. The Morgan fingerprint density at radius 3 is 2.62 bits per heavy atom. The van der Waals surface area contributed by atoms with Gasteiger partial charge in [-0.3, -0.25) is 0 Å². The number of nitrogens with zero attached hydrogens (tertiary/aromatic N) is 4. The molecule has 1 aromatic carbocycles. The molecule has 1 aliphatic rings. The van der Waals surface area contributed by atoms with Crippen LogP contribution in [0.25, 0.3) is 5.65 Å². The van der Waals surface area contributed by atoms with Gasteiger partial charge in [0, 0.05) is 37.7 Å². The highest BCUT2D eigenvalue weighted by atomic mass is 19.4. The first-order valence-electron chi connectivity index (χ1n) is 10.5. The number of anilines is 2. The van der Waals surface area contributed by atoms with Crippen LogP contribution in [0.3, 0.4) is 0 Å². The monoisotopic (exact) mass is 449 g/mol. The lowest BCUT2D eigenvalue weighted by Gasteiger charge is -2.28. The van der Waals surface area contributed by atoms with Crippen molar-refractivity contribution in [2.75, 3.05) is 49.7 Å². The standard InChI is InChI=1S/C22H26F3N5O2/c1-14-16(4-3-5-18(14)22(23,24)25)12-17-15(2)28-30-19(26-6-9-31)13-20(27-21(17)30)29-7-10-32-11-8-29/h3-5,13,26,31H,6-12H2,1-2H3. The van der Waals surface area contributed by atoms with Crippen LogP contribution in [0.2, 0.25) is 0 Å². The molecule has 4 rings (SSSR count). The average molecular weight is 449 g/mol. The molecule has 0 saturated carbocycles. The second-order valence-electron chi connectivity index (χ2n) is 7.81. The Balaban J connectivity index is 1.80. The number of fused-ring (bicyclic) bond motifs is 1. The van der Waals surface area contributed by atoms with Gasteiger partial charge in [-0.1, -0.05) is 12.1 Å². The quantitative estimate of drug-likeness (QED) is 0.602. The number of aliphatic hydroxyl groups is 1. The van der Waals surface area contributed by atoms with Crippen LogP contribution in [-0.2, 0) is 17.3 Å². The molecule has 0 amide bonds. The highest BCUT2D eigenvalue weighted by Crippen LogP contribution is 2.34. The summed E-state index contributed by atoms with van der Waals surface area (Å²) in [5.41, 5.74) is 2.22. The van der Waals surface area contributed by atoms with Gasteiger partial charge in [-0.05, 0) is 31.0 Å². The van der Waals surface area contributed by atoms with E-state index < -0.39 is 11.7 Å². The summed E-state index contributed by atoms with van der Waals surface area (Å²) in [6.07, 6.45) is -4.12. The number of aliphatic hydroxyl groups excluding tert-OH is 1. The zero-order valence-corrected chi connectivity index (χ0v) is 18.0. The molecule has 0 atom stereocenters. The Hall–Kier alpha value is -2.85. The van der Waals surface area contributed by atoms with Crippen LogP contribution in [0.1, 0.15) is 27.9 Å². The molecule has 10 heteroatoms. The Morgan fingerprint density at radius 1 is 1.19 bits per heavy atom. The number of aryl methyl sites for hydroxylation is 1. The maximum Gasteiger partial charge on any atom is 0.416 e. The van der Waals surface area contributed by atoms with Crippen LogP contribution in [-0.4, -0.2) is 59.2 Å². The molecule has 1 fully saturated rings. The summed E-state index contributed by atoms with van der Waals surface area (Å²) < 4.78 is 47.3. The smallest absolute Gasteiger partial charge is 0.395 e. The normalized spacial score (nSPS) is 14.9. The molecule has 3 heterocycles. The molecule has 1 saturated heterocycles. The van der Waals surface area contributed by atoms with Gasteiger partial charge >= 0.3 is 6.18 Å². The summed E-state index contributed by atoms with van der Waals surface area (Å²) in [5, 5.41) is 17.0. The topological polar surface area (TPSA) is 74.9 Å². The van der Waals surface area contributed by atoms with Crippen molar-refractivity contribution in [3.8, 4) is 0 Å². The number of nitrogens with one attached hydrogen (secondary N) is 1. The van der Waals surface area contributed by atoms with Crippen molar-refractivity contribution >= 4 is 17.3 Å². The predicted molar refractivity (Wildman–Crippen MR) is 115 cm³/mol. The molecule has 7 nitrogen and oxygen atoms in total. The molecule has 3 aromatic rings. The average Bonchev–Trinajstić information content (AvgIpc) is 3.08. The molecule has 0 radical (unpaired) electrons. The summed E-state index contributed by atoms with van der Waals surface area (Å²) in [6.45, 7) is 6.20. The molecule has 2 aromatic heterocycles. The largest absolute Gasteiger partial charge is 0.416 e. The minimum absolute atomic E-state index is 0.0484. The van der Waals surface area contributed by atoms with Gasteiger partial charge in [0.2, 0.25) is 0 Å². The minimum atomic E-state index is -4.40. The number of ether oxygens (including phenoxy) is 1. The maximum atomic E-state index is 13.4. The van der Waals surface area contributed by atoms with Gasteiger partial charge in [0.25, 0.3) is 0 Å². The van der Waals surface area contributed by atoms with Crippen molar-refractivity contribution < 1.29 is 23.0 Å². The SMILES string of the molecule is Cc1nn2c(NCCO)cc(N3CCOCC3)nc2c1Cc1cccc(C(F)(F)F)c1C. The van der Waals surface area contributed by atoms with Crippen LogP contribution >= 0.6 is 0 Å². The Kier molecular flexibility index (Phi) is 6.25. The van der Waals surface area contributed by atoms with E-state index in [1.165, 1.54) is 13.0 Å². The maximum absolute atomic E-state index is 13.4. The van der Waals surface area contributed by atoms with E-state index in [0.29, 0.717) is 55.6 Å².